The molecule has 1 aromatic rings. The molecule has 0 aliphatic rings. The van der Waals surface area contributed by atoms with E-state index in [0.717, 1.165) is 22.1 Å². The van der Waals surface area contributed by atoms with Crippen LogP contribution in [0.5, 0.6) is 0 Å². The van der Waals surface area contributed by atoms with Crippen molar-refractivity contribution < 1.29 is 0 Å². The maximum atomic E-state index is 5.83. The monoisotopic (exact) mass is 338 g/mol. The molecule has 0 atom stereocenters. The van der Waals surface area contributed by atoms with Gasteiger partial charge in [-0.2, -0.15) is 0 Å². The number of halogens is 3. The molecular formula is C11H13Br2Cl. The van der Waals surface area contributed by atoms with E-state index in [1.54, 1.807) is 0 Å². The minimum absolute atomic E-state index is 0.272. The van der Waals surface area contributed by atoms with Gasteiger partial charge in [-0.05, 0) is 29.5 Å². The highest BCUT2D eigenvalue weighted by Gasteiger charge is 2.21. The van der Waals surface area contributed by atoms with E-state index in [9.17, 15) is 0 Å². The van der Waals surface area contributed by atoms with Crippen molar-refractivity contribution in [3.05, 3.63) is 34.9 Å². The molecule has 0 aliphatic carbocycles. The standard InChI is InChI=1S/C11H13Br2Cl/c1-11(7-12,8-13)6-9-2-4-10(14)5-3-9/h2-5H,6-8H2,1H3. The van der Waals surface area contributed by atoms with Crippen LogP contribution in [0.1, 0.15) is 12.5 Å². The van der Waals surface area contributed by atoms with E-state index in [1.165, 1.54) is 5.56 Å². The van der Waals surface area contributed by atoms with E-state index < -0.39 is 0 Å². The first-order chi connectivity index (χ1) is 6.59. The molecule has 0 radical (unpaired) electrons. The molecule has 0 bridgehead atoms. The van der Waals surface area contributed by atoms with E-state index >= 15 is 0 Å². The fraction of sp³-hybridized carbons (Fsp3) is 0.455. The highest BCUT2D eigenvalue weighted by molar-refractivity contribution is 9.09. The van der Waals surface area contributed by atoms with Gasteiger partial charge in [-0.3, -0.25) is 0 Å². The van der Waals surface area contributed by atoms with E-state index in [4.69, 9.17) is 11.6 Å². The van der Waals surface area contributed by atoms with Gasteiger partial charge < -0.3 is 0 Å². The number of hydrogen-bond acceptors (Lipinski definition) is 0. The Morgan fingerprint density at radius 1 is 1.14 bits per heavy atom. The highest BCUT2D eigenvalue weighted by Crippen LogP contribution is 2.27. The Balaban J connectivity index is 2.72. The van der Waals surface area contributed by atoms with Gasteiger partial charge >= 0.3 is 0 Å². The first-order valence-corrected chi connectivity index (χ1v) is 7.08. The number of benzene rings is 1. The van der Waals surface area contributed by atoms with Crippen LogP contribution < -0.4 is 0 Å². The third-order valence-electron chi connectivity index (χ3n) is 2.19. The van der Waals surface area contributed by atoms with Gasteiger partial charge in [0.25, 0.3) is 0 Å². The van der Waals surface area contributed by atoms with Crippen LogP contribution in [0.3, 0.4) is 0 Å². The van der Waals surface area contributed by atoms with Crippen molar-refractivity contribution in [2.45, 2.75) is 13.3 Å². The molecule has 0 unspecified atom stereocenters. The van der Waals surface area contributed by atoms with Crippen LogP contribution >= 0.6 is 43.5 Å². The zero-order chi connectivity index (χ0) is 10.6. The normalized spacial score (nSPS) is 11.7. The van der Waals surface area contributed by atoms with Gasteiger partial charge in [-0.25, -0.2) is 0 Å². The van der Waals surface area contributed by atoms with Crippen LogP contribution in [0.2, 0.25) is 5.02 Å². The second kappa shape index (κ2) is 5.53. The first kappa shape index (κ1) is 12.5. The molecule has 1 rings (SSSR count). The lowest BCUT2D eigenvalue weighted by molar-refractivity contribution is 0.439. The van der Waals surface area contributed by atoms with Gasteiger partial charge in [0.1, 0.15) is 0 Å². The van der Waals surface area contributed by atoms with Crippen molar-refractivity contribution in [1.82, 2.24) is 0 Å². The molecule has 0 amide bonds. The zero-order valence-electron chi connectivity index (χ0n) is 8.06. The highest BCUT2D eigenvalue weighted by atomic mass is 79.9. The van der Waals surface area contributed by atoms with Crippen LogP contribution in [0.15, 0.2) is 24.3 Å². The molecule has 0 saturated carbocycles. The summed E-state index contributed by atoms with van der Waals surface area (Å²) in [7, 11) is 0. The molecule has 78 valence electrons. The molecule has 0 heterocycles. The summed E-state index contributed by atoms with van der Waals surface area (Å²) in [6.45, 7) is 2.26. The number of hydrogen-bond donors (Lipinski definition) is 0. The van der Waals surface area contributed by atoms with E-state index in [0.29, 0.717) is 0 Å². The lowest BCUT2D eigenvalue weighted by Gasteiger charge is -2.24. The second-order valence-corrected chi connectivity index (χ2v) is 5.44. The molecule has 0 aliphatic heterocycles. The summed E-state index contributed by atoms with van der Waals surface area (Å²) in [6, 6.07) is 8.07. The molecule has 3 heteroatoms. The molecule has 0 spiro atoms. The lowest BCUT2D eigenvalue weighted by Crippen LogP contribution is -2.23. The van der Waals surface area contributed by atoms with E-state index in [2.05, 4.69) is 50.9 Å². The predicted molar refractivity (Wildman–Crippen MR) is 70.9 cm³/mol. The van der Waals surface area contributed by atoms with Crippen molar-refractivity contribution in [3.8, 4) is 0 Å². The minimum Gasteiger partial charge on any atom is -0.0922 e. The maximum Gasteiger partial charge on any atom is 0.0406 e. The molecule has 0 N–H and O–H groups in total. The zero-order valence-corrected chi connectivity index (χ0v) is 12.0. The summed E-state index contributed by atoms with van der Waals surface area (Å²) >= 11 is 12.9. The van der Waals surface area contributed by atoms with Crippen molar-refractivity contribution in [2.24, 2.45) is 5.41 Å². The Bertz CT molecular complexity index is 278. The second-order valence-electron chi connectivity index (χ2n) is 3.88. The van der Waals surface area contributed by atoms with Crippen LogP contribution in [0, 0.1) is 5.41 Å². The van der Waals surface area contributed by atoms with Crippen LogP contribution in [0.4, 0.5) is 0 Å². The molecule has 0 fully saturated rings. The molecular weight excluding hydrogens is 327 g/mol. The topological polar surface area (TPSA) is 0 Å². The fourth-order valence-corrected chi connectivity index (χ4v) is 2.68. The summed E-state index contributed by atoms with van der Waals surface area (Å²) in [5.41, 5.74) is 1.60. The summed E-state index contributed by atoms with van der Waals surface area (Å²) in [6.07, 6.45) is 1.06. The third-order valence-corrected chi connectivity index (χ3v) is 5.15. The smallest absolute Gasteiger partial charge is 0.0406 e. The van der Waals surface area contributed by atoms with Gasteiger partial charge in [0.05, 0.1) is 0 Å². The molecule has 1 aromatic carbocycles. The van der Waals surface area contributed by atoms with E-state index in [1.807, 2.05) is 12.1 Å². The fourth-order valence-electron chi connectivity index (χ4n) is 1.23. The predicted octanol–water partition coefficient (Wildman–Crippen LogP) is 4.68. The van der Waals surface area contributed by atoms with Crippen LogP contribution in [0.25, 0.3) is 0 Å². The summed E-state index contributed by atoms with van der Waals surface area (Å²) in [5, 5.41) is 2.79. The minimum atomic E-state index is 0.272. The number of rotatable bonds is 4. The van der Waals surface area contributed by atoms with Crippen molar-refractivity contribution in [1.29, 1.82) is 0 Å². The van der Waals surface area contributed by atoms with Crippen molar-refractivity contribution >= 4 is 43.5 Å². The lowest BCUT2D eigenvalue weighted by atomic mass is 9.88. The Morgan fingerprint density at radius 2 is 1.64 bits per heavy atom. The van der Waals surface area contributed by atoms with Gasteiger partial charge in [-0.1, -0.05) is 62.5 Å². The van der Waals surface area contributed by atoms with Crippen LogP contribution in [-0.4, -0.2) is 10.7 Å². The number of alkyl halides is 2. The maximum absolute atomic E-state index is 5.83. The molecule has 0 aromatic heterocycles. The first-order valence-electron chi connectivity index (χ1n) is 4.46. The molecule has 0 saturated heterocycles. The summed E-state index contributed by atoms with van der Waals surface area (Å²) in [5.74, 6) is 0. The molecule has 14 heavy (non-hydrogen) atoms. The SMILES string of the molecule is CC(CBr)(CBr)Cc1ccc(Cl)cc1. The van der Waals surface area contributed by atoms with Crippen molar-refractivity contribution in [2.75, 3.05) is 10.7 Å². The van der Waals surface area contributed by atoms with Crippen molar-refractivity contribution in [3.63, 3.8) is 0 Å². The average molecular weight is 340 g/mol. The molecule has 0 nitrogen and oxygen atoms in total. The Kier molecular flexibility index (Phi) is 4.95. The quantitative estimate of drug-likeness (QED) is 0.698. The van der Waals surface area contributed by atoms with Gasteiger partial charge in [0, 0.05) is 15.7 Å². The van der Waals surface area contributed by atoms with E-state index in [-0.39, 0.29) is 5.41 Å². The Labute approximate surface area is 107 Å². The van der Waals surface area contributed by atoms with Gasteiger partial charge in [0.15, 0.2) is 0 Å². The average Bonchev–Trinajstić information content (AvgIpc) is 2.21. The Morgan fingerprint density at radius 3 is 2.07 bits per heavy atom. The van der Waals surface area contributed by atoms with Crippen LogP contribution in [-0.2, 0) is 6.42 Å². The summed E-state index contributed by atoms with van der Waals surface area (Å²) < 4.78 is 0. The Hall–Kier alpha value is 0.470. The largest absolute Gasteiger partial charge is 0.0922 e. The van der Waals surface area contributed by atoms with Gasteiger partial charge in [-0.15, -0.1) is 0 Å². The summed E-state index contributed by atoms with van der Waals surface area (Å²) in [4.78, 5) is 0. The van der Waals surface area contributed by atoms with Gasteiger partial charge in [0.2, 0.25) is 0 Å². The third kappa shape index (κ3) is 3.56.